The van der Waals surface area contributed by atoms with Gasteiger partial charge in [0.2, 0.25) is 0 Å². The monoisotopic (exact) mass is 251 g/mol. The first-order valence-corrected chi connectivity index (χ1v) is 8.33. The van der Waals surface area contributed by atoms with E-state index >= 15 is 0 Å². The maximum atomic E-state index is 7.04. The highest BCUT2D eigenvalue weighted by atomic mass is 14.8. The smallest absolute Gasteiger partial charge is 0.0216 e. The molecule has 0 radical (unpaired) electrons. The normalized spacial score (nSPS) is 39.8. The highest BCUT2D eigenvalue weighted by molar-refractivity contribution is 5.02. The van der Waals surface area contributed by atoms with Crippen LogP contribution in [0.5, 0.6) is 0 Å². The molecule has 0 aromatic rings. The van der Waals surface area contributed by atoms with Crippen LogP contribution in [-0.4, -0.2) is 5.54 Å². The lowest BCUT2D eigenvalue weighted by molar-refractivity contribution is 0.0501. The van der Waals surface area contributed by atoms with Gasteiger partial charge in [0.1, 0.15) is 0 Å². The summed E-state index contributed by atoms with van der Waals surface area (Å²) >= 11 is 0. The van der Waals surface area contributed by atoms with Gasteiger partial charge in [0.25, 0.3) is 0 Å². The van der Waals surface area contributed by atoms with E-state index in [2.05, 4.69) is 20.8 Å². The van der Waals surface area contributed by atoms with Crippen LogP contribution in [0.2, 0.25) is 0 Å². The average Bonchev–Trinajstić information content (AvgIpc) is 2.57. The van der Waals surface area contributed by atoms with E-state index in [1.54, 1.807) is 0 Å². The minimum Gasteiger partial charge on any atom is -0.325 e. The second-order valence-corrected chi connectivity index (χ2v) is 7.54. The number of hydrogen-bond donors (Lipinski definition) is 1. The van der Waals surface area contributed by atoms with Crippen LogP contribution < -0.4 is 5.73 Å². The topological polar surface area (TPSA) is 26.0 Å². The summed E-state index contributed by atoms with van der Waals surface area (Å²) in [7, 11) is 0. The molecule has 1 heteroatoms. The van der Waals surface area contributed by atoms with Gasteiger partial charge in [-0.2, -0.15) is 0 Å². The van der Waals surface area contributed by atoms with E-state index in [1.807, 2.05) is 0 Å². The number of hydrogen-bond acceptors (Lipinski definition) is 1. The van der Waals surface area contributed by atoms with Crippen LogP contribution in [0.3, 0.4) is 0 Å². The molecule has 3 atom stereocenters. The van der Waals surface area contributed by atoms with Gasteiger partial charge in [0.05, 0.1) is 0 Å². The van der Waals surface area contributed by atoms with Crippen molar-refractivity contribution in [2.45, 2.75) is 84.1 Å². The zero-order valence-corrected chi connectivity index (χ0v) is 12.8. The highest BCUT2D eigenvalue weighted by Gasteiger charge is 2.45. The summed E-state index contributed by atoms with van der Waals surface area (Å²) in [5.74, 6) is 3.16. The first kappa shape index (κ1) is 14.4. The van der Waals surface area contributed by atoms with E-state index < -0.39 is 0 Å². The van der Waals surface area contributed by atoms with Crippen molar-refractivity contribution in [2.75, 3.05) is 0 Å². The van der Waals surface area contributed by atoms with Crippen molar-refractivity contribution in [3.8, 4) is 0 Å². The minimum atomic E-state index is 0.149. The predicted octanol–water partition coefficient (Wildman–Crippen LogP) is 4.75. The maximum absolute atomic E-state index is 7.04. The SMILES string of the molecule is CC1CCC(C(C)C)C(N)(C2CCCCCC2)C1. The standard InChI is InChI=1S/C17H33N/c1-13(2)16-11-10-14(3)12-17(16,18)15-8-6-4-5-7-9-15/h13-16H,4-12,18H2,1-3H3. The van der Waals surface area contributed by atoms with Crippen LogP contribution >= 0.6 is 0 Å². The molecule has 2 saturated carbocycles. The Bertz CT molecular complexity index is 252. The fourth-order valence-electron chi connectivity index (χ4n) is 4.83. The van der Waals surface area contributed by atoms with Crippen molar-refractivity contribution >= 4 is 0 Å². The third-order valence-electron chi connectivity index (χ3n) is 5.78. The molecule has 0 heterocycles. The van der Waals surface area contributed by atoms with E-state index in [4.69, 9.17) is 5.73 Å². The lowest BCUT2D eigenvalue weighted by Gasteiger charge is -2.50. The number of nitrogens with two attached hydrogens (primary N) is 1. The van der Waals surface area contributed by atoms with Gasteiger partial charge in [-0.25, -0.2) is 0 Å². The van der Waals surface area contributed by atoms with Gasteiger partial charge < -0.3 is 5.73 Å². The minimum absolute atomic E-state index is 0.149. The van der Waals surface area contributed by atoms with E-state index in [9.17, 15) is 0 Å². The quantitative estimate of drug-likeness (QED) is 0.704. The van der Waals surface area contributed by atoms with Crippen molar-refractivity contribution in [3.05, 3.63) is 0 Å². The van der Waals surface area contributed by atoms with Crippen LogP contribution in [0.4, 0.5) is 0 Å². The summed E-state index contributed by atoms with van der Waals surface area (Å²) in [5, 5.41) is 0. The van der Waals surface area contributed by atoms with Gasteiger partial charge in [-0.15, -0.1) is 0 Å². The predicted molar refractivity (Wildman–Crippen MR) is 79.5 cm³/mol. The van der Waals surface area contributed by atoms with Gasteiger partial charge in [-0.1, -0.05) is 52.9 Å². The fraction of sp³-hybridized carbons (Fsp3) is 1.00. The zero-order valence-electron chi connectivity index (χ0n) is 12.8. The van der Waals surface area contributed by atoms with Crippen molar-refractivity contribution < 1.29 is 0 Å². The lowest BCUT2D eigenvalue weighted by atomic mass is 9.59. The molecule has 0 aromatic heterocycles. The van der Waals surface area contributed by atoms with Gasteiger partial charge in [0, 0.05) is 5.54 Å². The summed E-state index contributed by atoms with van der Waals surface area (Å²) in [6.45, 7) is 7.19. The molecule has 2 aliphatic carbocycles. The van der Waals surface area contributed by atoms with Crippen LogP contribution in [-0.2, 0) is 0 Å². The van der Waals surface area contributed by atoms with E-state index in [0.717, 1.165) is 23.7 Å². The van der Waals surface area contributed by atoms with E-state index in [1.165, 1.54) is 57.8 Å². The molecule has 2 aliphatic rings. The molecule has 1 nitrogen and oxygen atoms in total. The Kier molecular flexibility index (Phi) is 4.75. The Hall–Kier alpha value is -0.0400. The summed E-state index contributed by atoms with van der Waals surface area (Å²) < 4.78 is 0. The second-order valence-electron chi connectivity index (χ2n) is 7.54. The first-order valence-electron chi connectivity index (χ1n) is 8.33. The first-order chi connectivity index (χ1) is 8.54. The van der Waals surface area contributed by atoms with Gasteiger partial charge in [-0.3, -0.25) is 0 Å². The Balaban J connectivity index is 2.16. The van der Waals surface area contributed by atoms with Crippen LogP contribution in [0.15, 0.2) is 0 Å². The lowest BCUT2D eigenvalue weighted by Crippen LogP contribution is -2.57. The van der Waals surface area contributed by atoms with Crippen molar-refractivity contribution in [3.63, 3.8) is 0 Å². The molecule has 18 heavy (non-hydrogen) atoms. The van der Waals surface area contributed by atoms with Crippen LogP contribution in [0.1, 0.15) is 78.6 Å². The Morgan fingerprint density at radius 2 is 1.56 bits per heavy atom. The van der Waals surface area contributed by atoms with Crippen molar-refractivity contribution in [2.24, 2.45) is 29.4 Å². The molecular formula is C17H33N. The molecule has 0 bridgehead atoms. The molecule has 2 rings (SSSR count). The van der Waals surface area contributed by atoms with Gasteiger partial charge >= 0.3 is 0 Å². The highest BCUT2D eigenvalue weighted by Crippen LogP contribution is 2.47. The Morgan fingerprint density at radius 1 is 0.944 bits per heavy atom. The molecule has 0 spiro atoms. The summed E-state index contributed by atoms with van der Waals surface area (Å²) in [6, 6.07) is 0. The molecule has 3 unspecified atom stereocenters. The summed E-state index contributed by atoms with van der Waals surface area (Å²) in [4.78, 5) is 0. The van der Waals surface area contributed by atoms with Crippen molar-refractivity contribution in [1.82, 2.24) is 0 Å². The largest absolute Gasteiger partial charge is 0.325 e. The Labute approximate surface area is 114 Å². The zero-order chi connectivity index (χ0) is 13.2. The van der Waals surface area contributed by atoms with Crippen molar-refractivity contribution in [1.29, 1.82) is 0 Å². The van der Waals surface area contributed by atoms with Crippen LogP contribution in [0.25, 0.3) is 0 Å². The second kappa shape index (κ2) is 5.94. The molecule has 106 valence electrons. The third-order valence-corrected chi connectivity index (χ3v) is 5.78. The van der Waals surface area contributed by atoms with Gasteiger partial charge in [0.15, 0.2) is 0 Å². The molecule has 0 aromatic carbocycles. The summed E-state index contributed by atoms with van der Waals surface area (Å²) in [6.07, 6.45) is 12.5. The molecule has 0 amide bonds. The third kappa shape index (κ3) is 2.92. The van der Waals surface area contributed by atoms with E-state index in [0.29, 0.717) is 0 Å². The average molecular weight is 251 g/mol. The molecule has 0 saturated heterocycles. The maximum Gasteiger partial charge on any atom is 0.0216 e. The van der Waals surface area contributed by atoms with Gasteiger partial charge in [-0.05, 0) is 49.4 Å². The molecule has 2 N–H and O–H groups in total. The molecular weight excluding hydrogens is 218 g/mol. The molecule has 2 fully saturated rings. The fourth-order valence-corrected chi connectivity index (χ4v) is 4.83. The number of rotatable bonds is 2. The molecule has 0 aliphatic heterocycles. The summed E-state index contributed by atoms with van der Waals surface area (Å²) in [5.41, 5.74) is 7.19. The van der Waals surface area contributed by atoms with Crippen LogP contribution in [0, 0.1) is 23.7 Å². The van der Waals surface area contributed by atoms with E-state index in [-0.39, 0.29) is 5.54 Å². The Morgan fingerprint density at radius 3 is 2.11 bits per heavy atom.